The number of nitrogens with two attached hydrogens (primary N) is 1. The third-order valence-corrected chi connectivity index (χ3v) is 5.30. The zero-order chi connectivity index (χ0) is 14.1. The predicted octanol–water partition coefficient (Wildman–Crippen LogP) is 2.00. The van der Waals surface area contributed by atoms with Gasteiger partial charge in [-0.2, -0.15) is 4.37 Å². The first-order valence-corrected chi connectivity index (χ1v) is 8.20. The average molecular weight is 291 g/mol. The van der Waals surface area contributed by atoms with E-state index in [1.165, 1.54) is 0 Å². The molecule has 0 amide bonds. The predicted molar refractivity (Wildman–Crippen MR) is 77.0 cm³/mol. The van der Waals surface area contributed by atoms with Gasteiger partial charge < -0.3 is 10.6 Å². The van der Waals surface area contributed by atoms with Crippen LogP contribution in [0.3, 0.4) is 0 Å². The van der Waals surface area contributed by atoms with Crippen molar-refractivity contribution in [1.82, 2.24) is 4.37 Å². The monoisotopic (exact) mass is 291 g/mol. The SMILES string of the molecule is CCS(=O)(=O)c1c(N)nsc1N(C)CC(C)(C)C. The quantitative estimate of drug-likeness (QED) is 0.918. The molecule has 0 bridgehead atoms. The van der Waals surface area contributed by atoms with Crippen LogP contribution in [-0.4, -0.2) is 32.1 Å². The van der Waals surface area contributed by atoms with Crippen molar-refractivity contribution >= 4 is 32.2 Å². The van der Waals surface area contributed by atoms with E-state index in [1.54, 1.807) is 6.92 Å². The van der Waals surface area contributed by atoms with Crippen molar-refractivity contribution in [3.8, 4) is 0 Å². The normalized spacial score (nSPS) is 12.7. The van der Waals surface area contributed by atoms with E-state index in [-0.39, 0.29) is 21.9 Å². The summed E-state index contributed by atoms with van der Waals surface area (Å²) in [6.07, 6.45) is 0. The number of nitrogen functional groups attached to an aromatic ring is 1. The summed E-state index contributed by atoms with van der Waals surface area (Å²) in [6, 6.07) is 0. The molecule has 1 heterocycles. The minimum Gasteiger partial charge on any atom is -0.382 e. The van der Waals surface area contributed by atoms with Gasteiger partial charge in [-0.15, -0.1) is 0 Å². The fraction of sp³-hybridized carbons (Fsp3) is 0.727. The summed E-state index contributed by atoms with van der Waals surface area (Å²) in [5.41, 5.74) is 5.77. The standard InChI is InChI=1S/C11H21N3O2S2/c1-6-18(15,16)8-9(12)13-17-10(8)14(5)7-11(2,3)4/h6-7H2,1-5H3,(H2,12,13). The van der Waals surface area contributed by atoms with E-state index in [4.69, 9.17) is 5.73 Å². The summed E-state index contributed by atoms with van der Waals surface area (Å²) < 4.78 is 28.0. The van der Waals surface area contributed by atoms with Gasteiger partial charge in [0.2, 0.25) is 0 Å². The first kappa shape index (κ1) is 15.2. The van der Waals surface area contributed by atoms with Crippen LogP contribution in [0.15, 0.2) is 4.90 Å². The first-order chi connectivity index (χ1) is 8.08. The molecule has 1 aromatic heterocycles. The van der Waals surface area contributed by atoms with Gasteiger partial charge in [-0.1, -0.05) is 27.7 Å². The van der Waals surface area contributed by atoms with Gasteiger partial charge in [0, 0.05) is 13.6 Å². The largest absolute Gasteiger partial charge is 0.382 e. The van der Waals surface area contributed by atoms with Crippen LogP contribution >= 0.6 is 11.5 Å². The summed E-state index contributed by atoms with van der Waals surface area (Å²) in [4.78, 5) is 2.10. The maximum atomic E-state index is 12.0. The number of anilines is 2. The second-order valence-corrected chi connectivity index (χ2v) is 8.49. The van der Waals surface area contributed by atoms with Crippen LogP contribution in [0.25, 0.3) is 0 Å². The van der Waals surface area contributed by atoms with Crippen LogP contribution in [0.1, 0.15) is 27.7 Å². The molecule has 0 saturated heterocycles. The van der Waals surface area contributed by atoms with Crippen LogP contribution in [0.5, 0.6) is 0 Å². The minimum atomic E-state index is -3.34. The average Bonchev–Trinajstić information content (AvgIpc) is 2.58. The van der Waals surface area contributed by atoms with Crippen LogP contribution < -0.4 is 10.6 Å². The second kappa shape index (κ2) is 5.05. The van der Waals surface area contributed by atoms with Gasteiger partial charge in [0.25, 0.3) is 0 Å². The Morgan fingerprint density at radius 1 is 1.39 bits per heavy atom. The zero-order valence-corrected chi connectivity index (χ0v) is 13.2. The van der Waals surface area contributed by atoms with E-state index >= 15 is 0 Å². The van der Waals surface area contributed by atoms with E-state index in [9.17, 15) is 8.42 Å². The van der Waals surface area contributed by atoms with Crippen LogP contribution in [0.2, 0.25) is 0 Å². The molecule has 0 aliphatic rings. The van der Waals surface area contributed by atoms with E-state index in [0.717, 1.165) is 18.1 Å². The van der Waals surface area contributed by atoms with E-state index in [1.807, 2.05) is 11.9 Å². The maximum Gasteiger partial charge on any atom is 0.184 e. The summed E-state index contributed by atoms with van der Waals surface area (Å²) in [5.74, 6) is 0.143. The molecule has 2 N–H and O–H groups in total. The lowest BCUT2D eigenvalue weighted by Crippen LogP contribution is -2.29. The fourth-order valence-corrected chi connectivity index (χ4v) is 4.04. The smallest absolute Gasteiger partial charge is 0.184 e. The van der Waals surface area contributed by atoms with Crippen molar-refractivity contribution in [3.05, 3.63) is 0 Å². The molecule has 7 heteroatoms. The molecule has 0 aromatic carbocycles. The van der Waals surface area contributed by atoms with Crippen molar-refractivity contribution in [2.75, 3.05) is 30.0 Å². The molecule has 1 aromatic rings. The summed E-state index contributed by atoms with van der Waals surface area (Å²) in [6.45, 7) is 8.65. The number of hydrogen-bond acceptors (Lipinski definition) is 6. The molecule has 104 valence electrons. The van der Waals surface area contributed by atoms with Gasteiger partial charge in [0.1, 0.15) is 9.90 Å². The van der Waals surface area contributed by atoms with Crippen molar-refractivity contribution in [1.29, 1.82) is 0 Å². The highest BCUT2D eigenvalue weighted by molar-refractivity contribution is 7.91. The minimum absolute atomic E-state index is 0.0337. The fourth-order valence-electron chi connectivity index (χ4n) is 1.75. The van der Waals surface area contributed by atoms with Gasteiger partial charge in [0.05, 0.1) is 5.75 Å². The third-order valence-electron chi connectivity index (χ3n) is 2.41. The van der Waals surface area contributed by atoms with Gasteiger partial charge in [0.15, 0.2) is 15.7 Å². The molecule has 0 aliphatic carbocycles. The van der Waals surface area contributed by atoms with Gasteiger partial charge >= 0.3 is 0 Å². The molecule has 0 aliphatic heterocycles. The highest BCUT2D eigenvalue weighted by Crippen LogP contribution is 2.35. The Bertz CT molecular complexity index is 515. The Hall–Kier alpha value is -0.820. The van der Waals surface area contributed by atoms with Crippen LogP contribution in [0.4, 0.5) is 10.8 Å². The molecule has 0 radical (unpaired) electrons. The molecule has 0 spiro atoms. The molecule has 18 heavy (non-hydrogen) atoms. The van der Waals surface area contributed by atoms with E-state index < -0.39 is 9.84 Å². The molecule has 0 fully saturated rings. The number of aromatic nitrogens is 1. The van der Waals surface area contributed by atoms with E-state index in [2.05, 4.69) is 25.1 Å². The summed E-state index contributed by atoms with van der Waals surface area (Å²) >= 11 is 1.14. The van der Waals surface area contributed by atoms with Crippen molar-refractivity contribution in [2.24, 2.45) is 5.41 Å². The van der Waals surface area contributed by atoms with Crippen LogP contribution in [0, 0.1) is 5.41 Å². The van der Waals surface area contributed by atoms with Gasteiger partial charge in [-0.3, -0.25) is 0 Å². The molecule has 1 rings (SSSR count). The number of nitrogens with zero attached hydrogens (tertiary/aromatic N) is 2. The van der Waals surface area contributed by atoms with Gasteiger partial charge in [-0.25, -0.2) is 8.42 Å². The number of hydrogen-bond donors (Lipinski definition) is 1. The maximum absolute atomic E-state index is 12.0. The van der Waals surface area contributed by atoms with E-state index in [0.29, 0.717) is 5.00 Å². The number of rotatable bonds is 4. The molecule has 0 unspecified atom stereocenters. The Labute approximate surface area is 113 Å². The lowest BCUT2D eigenvalue weighted by atomic mass is 9.96. The lowest BCUT2D eigenvalue weighted by molar-refractivity contribution is 0.419. The molecular formula is C11H21N3O2S2. The summed E-state index contributed by atoms with van der Waals surface area (Å²) in [5, 5.41) is 0.629. The Morgan fingerprint density at radius 3 is 2.39 bits per heavy atom. The molecule has 5 nitrogen and oxygen atoms in total. The Morgan fingerprint density at radius 2 is 1.94 bits per heavy atom. The molecule has 0 atom stereocenters. The van der Waals surface area contributed by atoms with Crippen molar-refractivity contribution in [2.45, 2.75) is 32.6 Å². The molecule has 0 saturated carbocycles. The lowest BCUT2D eigenvalue weighted by Gasteiger charge is -2.27. The Kier molecular flexibility index (Phi) is 4.27. The highest BCUT2D eigenvalue weighted by atomic mass is 32.2. The van der Waals surface area contributed by atoms with Gasteiger partial charge in [-0.05, 0) is 16.9 Å². The van der Waals surface area contributed by atoms with Crippen LogP contribution in [-0.2, 0) is 9.84 Å². The topological polar surface area (TPSA) is 76.3 Å². The zero-order valence-electron chi connectivity index (χ0n) is 11.5. The molecular weight excluding hydrogens is 270 g/mol. The number of sulfone groups is 1. The Balaban J connectivity index is 3.20. The second-order valence-electron chi connectivity index (χ2n) is 5.52. The highest BCUT2D eigenvalue weighted by Gasteiger charge is 2.27. The third kappa shape index (κ3) is 3.35. The van der Waals surface area contributed by atoms with Crippen molar-refractivity contribution in [3.63, 3.8) is 0 Å². The first-order valence-electron chi connectivity index (χ1n) is 5.77. The van der Waals surface area contributed by atoms with Crippen molar-refractivity contribution < 1.29 is 8.42 Å². The summed E-state index contributed by atoms with van der Waals surface area (Å²) in [7, 11) is -1.47.